The number of hydrogen-bond donors (Lipinski definition) is 1. The van der Waals surface area contributed by atoms with E-state index < -0.39 is 5.97 Å². The highest BCUT2D eigenvalue weighted by molar-refractivity contribution is 5.86. The van der Waals surface area contributed by atoms with E-state index in [4.69, 9.17) is 9.26 Å². The maximum Gasteiger partial charge on any atom is 0.358 e. The number of benzene rings is 2. The van der Waals surface area contributed by atoms with Gasteiger partial charge in [-0.15, -0.1) is 0 Å². The topological polar surface area (TPSA) is 112 Å². The summed E-state index contributed by atoms with van der Waals surface area (Å²) in [4.78, 5) is 24.1. The molecule has 0 atom stereocenters. The Morgan fingerprint density at radius 1 is 1.00 bits per heavy atom. The summed E-state index contributed by atoms with van der Waals surface area (Å²) >= 11 is 0. The SMILES string of the molecule is COCc1ccccc1Nc1ccccc1-c1noc(-c2cnc(C(=O)OC)cn2)n1. The normalized spacial score (nSPS) is 10.6. The molecule has 4 aromatic rings. The van der Waals surface area contributed by atoms with Crippen molar-refractivity contribution in [2.45, 2.75) is 6.61 Å². The number of carbonyl (C=O) groups excluding carboxylic acids is 1. The Labute approximate surface area is 178 Å². The minimum atomic E-state index is -0.570. The van der Waals surface area contributed by atoms with Gasteiger partial charge in [-0.2, -0.15) is 4.98 Å². The summed E-state index contributed by atoms with van der Waals surface area (Å²) in [6.45, 7) is 0.484. The van der Waals surface area contributed by atoms with Crippen molar-refractivity contribution in [1.29, 1.82) is 0 Å². The van der Waals surface area contributed by atoms with Crippen molar-refractivity contribution >= 4 is 17.3 Å². The fourth-order valence-corrected chi connectivity index (χ4v) is 2.94. The molecule has 2 aromatic heterocycles. The number of carbonyl (C=O) groups is 1. The molecule has 0 radical (unpaired) electrons. The molecule has 0 aliphatic carbocycles. The molecule has 2 aromatic carbocycles. The Hall–Kier alpha value is -4.11. The lowest BCUT2D eigenvalue weighted by Crippen LogP contribution is -2.04. The molecule has 1 N–H and O–H groups in total. The molecular formula is C22H19N5O4. The van der Waals surface area contributed by atoms with Crippen LogP contribution in [0.25, 0.3) is 23.0 Å². The van der Waals surface area contributed by atoms with Gasteiger partial charge in [0.1, 0.15) is 5.69 Å². The van der Waals surface area contributed by atoms with Crippen molar-refractivity contribution in [3.8, 4) is 23.0 Å². The predicted molar refractivity (Wildman–Crippen MR) is 113 cm³/mol. The average molecular weight is 417 g/mol. The van der Waals surface area contributed by atoms with Crippen LogP contribution in [0, 0.1) is 0 Å². The second-order valence-corrected chi connectivity index (χ2v) is 6.46. The van der Waals surface area contributed by atoms with Gasteiger partial charge in [0.15, 0.2) is 5.69 Å². The minimum Gasteiger partial charge on any atom is -0.464 e. The number of esters is 1. The van der Waals surface area contributed by atoms with E-state index in [-0.39, 0.29) is 11.6 Å². The Bertz CT molecular complexity index is 1190. The average Bonchev–Trinajstić information content (AvgIpc) is 3.30. The maximum absolute atomic E-state index is 11.5. The Morgan fingerprint density at radius 2 is 1.77 bits per heavy atom. The first kappa shape index (κ1) is 20.2. The summed E-state index contributed by atoms with van der Waals surface area (Å²) in [5, 5.41) is 7.51. The molecule has 2 heterocycles. The number of ether oxygens (including phenoxy) is 2. The summed E-state index contributed by atoms with van der Waals surface area (Å²) in [7, 11) is 2.94. The van der Waals surface area contributed by atoms with E-state index in [1.54, 1.807) is 7.11 Å². The third-order valence-corrected chi connectivity index (χ3v) is 4.45. The van der Waals surface area contributed by atoms with E-state index in [2.05, 4.69) is 30.2 Å². The van der Waals surface area contributed by atoms with Gasteiger partial charge in [0.25, 0.3) is 5.89 Å². The Morgan fingerprint density at radius 3 is 2.52 bits per heavy atom. The molecule has 0 unspecified atom stereocenters. The number of nitrogens with one attached hydrogen (secondary N) is 1. The van der Waals surface area contributed by atoms with E-state index in [1.165, 1.54) is 19.5 Å². The highest BCUT2D eigenvalue weighted by Crippen LogP contribution is 2.31. The van der Waals surface area contributed by atoms with E-state index in [1.807, 2.05) is 48.5 Å². The van der Waals surface area contributed by atoms with Gasteiger partial charge < -0.3 is 19.3 Å². The van der Waals surface area contributed by atoms with Crippen LogP contribution in [0.1, 0.15) is 16.1 Å². The molecule has 0 aliphatic rings. The van der Waals surface area contributed by atoms with E-state index in [9.17, 15) is 4.79 Å². The van der Waals surface area contributed by atoms with Gasteiger partial charge in [-0.25, -0.2) is 14.8 Å². The Balaban J connectivity index is 1.62. The van der Waals surface area contributed by atoms with Crippen LogP contribution in [-0.2, 0) is 16.1 Å². The highest BCUT2D eigenvalue weighted by atomic mass is 16.5. The summed E-state index contributed by atoms with van der Waals surface area (Å²) < 4.78 is 15.3. The van der Waals surface area contributed by atoms with Crippen molar-refractivity contribution in [3.63, 3.8) is 0 Å². The van der Waals surface area contributed by atoms with Crippen LogP contribution in [0.5, 0.6) is 0 Å². The third-order valence-electron chi connectivity index (χ3n) is 4.45. The van der Waals surface area contributed by atoms with Crippen LogP contribution in [0.15, 0.2) is 65.4 Å². The molecule has 0 saturated carbocycles. The van der Waals surface area contributed by atoms with Gasteiger partial charge in [0.05, 0.1) is 26.1 Å². The number of rotatable bonds is 7. The van der Waals surface area contributed by atoms with Crippen molar-refractivity contribution in [1.82, 2.24) is 20.1 Å². The number of methoxy groups -OCH3 is 2. The Kier molecular flexibility index (Phi) is 5.95. The number of aromatic nitrogens is 4. The zero-order valence-electron chi connectivity index (χ0n) is 16.9. The lowest BCUT2D eigenvalue weighted by atomic mass is 10.1. The first-order valence-electron chi connectivity index (χ1n) is 9.37. The molecule has 0 amide bonds. The smallest absolute Gasteiger partial charge is 0.358 e. The summed E-state index contributed by atoms with van der Waals surface area (Å²) in [5.74, 6) is 0.00805. The van der Waals surface area contributed by atoms with Crippen LogP contribution in [0.2, 0.25) is 0 Å². The predicted octanol–water partition coefficient (Wildman–Crippen LogP) is 3.87. The van der Waals surface area contributed by atoms with Gasteiger partial charge in [-0.1, -0.05) is 35.5 Å². The third kappa shape index (κ3) is 4.41. The summed E-state index contributed by atoms with van der Waals surface area (Å²) in [6.07, 6.45) is 2.68. The second kappa shape index (κ2) is 9.14. The van der Waals surface area contributed by atoms with Gasteiger partial charge >= 0.3 is 5.97 Å². The molecule has 31 heavy (non-hydrogen) atoms. The van der Waals surface area contributed by atoms with Crippen molar-refractivity contribution in [2.24, 2.45) is 0 Å². The molecular weight excluding hydrogens is 398 g/mol. The van der Waals surface area contributed by atoms with Crippen molar-refractivity contribution in [3.05, 3.63) is 72.2 Å². The molecule has 0 bridgehead atoms. The van der Waals surface area contributed by atoms with Crippen LogP contribution < -0.4 is 5.32 Å². The molecule has 9 nitrogen and oxygen atoms in total. The summed E-state index contributed by atoms with van der Waals surface area (Å²) in [5.41, 5.74) is 3.95. The van der Waals surface area contributed by atoms with Gasteiger partial charge in [-0.05, 0) is 18.2 Å². The molecule has 0 spiro atoms. The second-order valence-electron chi connectivity index (χ2n) is 6.46. The lowest BCUT2D eigenvalue weighted by Gasteiger charge is -2.13. The molecule has 0 saturated heterocycles. The van der Waals surface area contributed by atoms with E-state index in [0.29, 0.717) is 18.1 Å². The lowest BCUT2D eigenvalue weighted by molar-refractivity contribution is 0.0593. The summed E-state index contributed by atoms with van der Waals surface area (Å²) in [6, 6.07) is 15.5. The van der Waals surface area contributed by atoms with E-state index in [0.717, 1.165) is 22.5 Å². The standard InChI is InChI=1S/C22H19N5O4/c1-29-13-14-7-3-5-9-16(14)25-17-10-6-4-8-15(17)20-26-21(31-27-20)18-11-24-19(12-23-18)22(28)30-2/h3-12,25H,13H2,1-2H3. The maximum atomic E-state index is 11.5. The first-order valence-corrected chi connectivity index (χ1v) is 9.37. The monoisotopic (exact) mass is 417 g/mol. The molecule has 0 fully saturated rings. The van der Waals surface area contributed by atoms with Gasteiger partial charge in [0, 0.05) is 29.6 Å². The van der Waals surface area contributed by atoms with Crippen LogP contribution in [0.3, 0.4) is 0 Å². The number of nitrogens with zero attached hydrogens (tertiary/aromatic N) is 4. The molecule has 9 heteroatoms. The van der Waals surface area contributed by atoms with Gasteiger partial charge in [-0.3, -0.25) is 0 Å². The van der Waals surface area contributed by atoms with Crippen LogP contribution in [0.4, 0.5) is 11.4 Å². The zero-order chi connectivity index (χ0) is 21.6. The highest BCUT2D eigenvalue weighted by Gasteiger charge is 2.16. The van der Waals surface area contributed by atoms with Crippen molar-refractivity contribution < 1.29 is 18.8 Å². The van der Waals surface area contributed by atoms with Crippen molar-refractivity contribution in [2.75, 3.05) is 19.5 Å². The van der Waals surface area contributed by atoms with Crippen LogP contribution in [-0.4, -0.2) is 40.3 Å². The quantitative estimate of drug-likeness (QED) is 0.448. The minimum absolute atomic E-state index is 0.0928. The van der Waals surface area contributed by atoms with E-state index >= 15 is 0 Å². The number of para-hydroxylation sites is 2. The van der Waals surface area contributed by atoms with Gasteiger partial charge in [0.2, 0.25) is 5.82 Å². The molecule has 156 valence electrons. The molecule has 4 rings (SSSR count). The fraction of sp³-hybridized carbons (Fsp3) is 0.136. The number of anilines is 2. The first-order chi connectivity index (χ1) is 15.2. The molecule has 0 aliphatic heterocycles. The number of hydrogen-bond acceptors (Lipinski definition) is 9. The largest absolute Gasteiger partial charge is 0.464 e. The van der Waals surface area contributed by atoms with Crippen LogP contribution >= 0.6 is 0 Å². The fourth-order valence-electron chi connectivity index (χ4n) is 2.94. The zero-order valence-corrected chi connectivity index (χ0v) is 16.9.